The van der Waals surface area contributed by atoms with Crippen LogP contribution < -0.4 is 0 Å². The number of likely N-dealkylation sites (tertiary alicyclic amines) is 1. The maximum atomic E-state index is 10.3. The molecular weight excluding hydrogens is 132 g/mol. The average Bonchev–Trinajstić information content (AvgIpc) is 2.14. The maximum absolute atomic E-state index is 10.3. The molecule has 1 aliphatic heterocycles. The van der Waals surface area contributed by atoms with Gasteiger partial charge in [0.15, 0.2) is 0 Å². The van der Waals surface area contributed by atoms with Crippen LogP contribution in [0.4, 0.5) is 0 Å². The van der Waals surface area contributed by atoms with Gasteiger partial charge in [-0.3, -0.25) is 15.0 Å². The quantitative estimate of drug-likeness (QED) is 0.394. The first-order valence-corrected chi connectivity index (χ1v) is 3.46. The van der Waals surface area contributed by atoms with Crippen LogP contribution in [-0.2, 0) is 0 Å². The first-order valence-electron chi connectivity index (χ1n) is 3.46. The SMILES string of the molecule is CC1C([N+](=O)[O-])CCN1C. The molecule has 0 N–H and O–H groups in total. The van der Waals surface area contributed by atoms with Crippen molar-refractivity contribution in [3.05, 3.63) is 10.1 Å². The molecule has 2 atom stereocenters. The van der Waals surface area contributed by atoms with Gasteiger partial charge in [0, 0.05) is 17.9 Å². The fourth-order valence-corrected chi connectivity index (χ4v) is 1.36. The highest BCUT2D eigenvalue weighted by molar-refractivity contribution is 4.81. The second-order valence-electron chi connectivity index (χ2n) is 2.86. The summed E-state index contributed by atoms with van der Waals surface area (Å²) in [5.41, 5.74) is 0. The fraction of sp³-hybridized carbons (Fsp3) is 1.00. The predicted octanol–water partition coefficient (Wildman–Crippen LogP) is 0.356. The van der Waals surface area contributed by atoms with Crippen molar-refractivity contribution in [2.24, 2.45) is 0 Å². The van der Waals surface area contributed by atoms with Gasteiger partial charge in [0.05, 0.1) is 6.04 Å². The van der Waals surface area contributed by atoms with Crippen molar-refractivity contribution in [2.45, 2.75) is 25.4 Å². The first kappa shape index (κ1) is 7.47. The molecule has 0 aliphatic carbocycles. The highest BCUT2D eigenvalue weighted by atomic mass is 16.6. The molecule has 1 saturated heterocycles. The zero-order valence-electron chi connectivity index (χ0n) is 6.28. The number of nitro groups is 1. The third-order valence-corrected chi connectivity index (χ3v) is 2.30. The number of hydrogen-bond donors (Lipinski definition) is 0. The van der Waals surface area contributed by atoms with Gasteiger partial charge < -0.3 is 0 Å². The van der Waals surface area contributed by atoms with Gasteiger partial charge in [0.2, 0.25) is 6.04 Å². The topological polar surface area (TPSA) is 46.4 Å². The lowest BCUT2D eigenvalue weighted by Gasteiger charge is -2.14. The van der Waals surface area contributed by atoms with E-state index >= 15 is 0 Å². The van der Waals surface area contributed by atoms with Crippen LogP contribution in [0.25, 0.3) is 0 Å². The highest BCUT2D eigenvalue weighted by Gasteiger charge is 2.36. The zero-order chi connectivity index (χ0) is 7.72. The summed E-state index contributed by atoms with van der Waals surface area (Å²) >= 11 is 0. The highest BCUT2D eigenvalue weighted by Crippen LogP contribution is 2.17. The average molecular weight is 144 g/mol. The first-order chi connectivity index (χ1) is 4.63. The largest absolute Gasteiger partial charge is 0.297 e. The molecule has 1 rings (SSSR count). The smallest absolute Gasteiger partial charge is 0.229 e. The summed E-state index contributed by atoms with van der Waals surface area (Å²) in [6, 6.07) is -0.236. The lowest BCUT2D eigenvalue weighted by Crippen LogP contribution is -2.33. The van der Waals surface area contributed by atoms with Crippen LogP contribution in [0.15, 0.2) is 0 Å². The Bertz CT molecular complexity index is 149. The Hall–Kier alpha value is -0.640. The molecule has 0 amide bonds. The molecule has 0 spiro atoms. The van der Waals surface area contributed by atoms with E-state index in [1.165, 1.54) is 0 Å². The van der Waals surface area contributed by atoms with E-state index in [2.05, 4.69) is 0 Å². The van der Waals surface area contributed by atoms with Crippen molar-refractivity contribution in [3.63, 3.8) is 0 Å². The van der Waals surface area contributed by atoms with E-state index in [9.17, 15) is 10.1 Å². The van der Waals surface area contributed by atoms with E-state index in [1.807, 2.05) is 18.9 Å². The van der Waals surface area contributed by atoms with Crippen molar-refractivity contribution >= 4 is 0 Å². The van der Waals surface area contributed by atoms with Gasteiger partial charge in [-0.2, -0.15) is 0 Å². The second-order valence-corrected chi connectivity index (χ2v) is 2.86. The summed E-state index contributed by atoms with van der Waals surface area (Å²) in [5, 5.41) is 10.3. The van der Waals surface area contributed by atoms with E-state index in [1.54, 1.807) is 0 Å². The second kappa shape index (κ2) is 2.54. The monoisotopic (exact) mass is 144 g/mol. The minimum absolute atomic E-state index is 0.106. The molecule has 0 aromatic heterocycles. The number of rotatable bonds is 1. The Morgan fingerprint density at radius 3 is 2.50 bits per heavy atom. The lowest BCUT2D eigenvalue weighted by atomic mass is 10.2. The molecular formula is C6H12N2O2. The minimum atomic E-state index is -0.343. The molecule has 10 heavy (non-hydrogen) atoms. The standard InChI is InChI=1S/C6H12N2O2/c1-5-6(8(9)10)3-4-7(5)2/h5-6H,3-4H2,1-2H3. The van der Waals surface area contributed by atoms with Crippen LogP contribution in [0.3, 0.4) is 0 Å². The molecule has 0 aromatic rings. The zero-order valence-corrected chi connectivity index (χ0v) is 6.28. The van der Waals surface area contributed by atoms with Gasteiger partial charge >= 0.3 is 0 Å². The van der Waals surface area contributed by atoms with Crippen molar-refractivity contribution in [1.82, 2.24) is 4.90 Å². The van der Waals surface area contributed by atoms with Crippen molar-refractivity contribution < 1.29 is 4.92 Å². The molecule has 4 heteroatoms. The van der Waals surface area contributed by atoms with Crippen LogP contribution in [0.5, 0.6) is 0 Å². The van der Waals surface area contributed by atoms with Crippen molar-refractivity contribution in [1.29, 1.82) is 0 Å². The molecule has 0 aromatic carbocycles. The van der Waals surface area contributed by atoms with E-state index in [0.717, 1.165) is 6.54 Å². The van der Waals surface area contributed by atoms with Crippen LogP contribution >= 0.6 is 0 Å². The minimum Gasteiger partial charge on any atom is -0.297 e. The van der Waals surface area contributed by atoms with Gasteiger partial charge in [0.25, 0.3) is 0 Å². The van der Waals surface area contributed by atoms with Crippen molar-refractivity contribution in [2.75, 3.05) is 13.6 Å². The Labute approximate surface area is 60.0 Å². The molecule has 1 heterocycles. The van der Waals surface area contributed by atoms with Gasteiger partial charge in [-0.1, -0.05) is 0 Å². The van der Waals surface area contributed by atoms with E-state index in [0.29, 0.717) is 6.42 Å². The summed E-state index contributed by atoms with van der Waals surface area (Å²) < 4.78 is 0. The van der Waals surface area contributed by atoms with Crippen LogP contribution in [-0.4, -0.2) is 35.5 Å². The Balaban J connectivity index is 2.57. The third kappa shape index (κ3) is 1.11. The summed E-state index contributed by atoms with van der Waals surface area (Å²) in [6.07, 6.45) is 0.699. The van der Waals surface area contributed by atoms with Crippen LogP contribution in [0, 0.1) is 10.1 Å². The molecule has 0 radical (unpaired) electrons. The summed E-state index contributed by atoms with van der Waals surface area (Å²) in [5.74, 6) is 0. The lowest BCUT2D eigenvalue weighted by molar-refractivity contribution is -0.523. The van der Waals surface area contributed by atoms with Crippen LogP contribution in [0.2, 0.25) is 0 Å². The molecule has 0 bridgehead atoms. The molecule has 1 fully saturated rings. The normalized spacial score (nSPS) is 34.6. The number of nitrogens with zero attached hydrogens (tertiary/aromatic N) is 2. The van der Waals surface area contributed by atoms with Crippen LogP contribution in [0.1, 0.15) is 13.3 Å². The Morgan fingerprint density at radius 1 is 1.70 bits per heavy atom. The van der Waals surface area contributed by atoms with Gasteiger partial charge in [-0.25, -0.2) is 0 Å². The van der Waals surface area contributed by atoms with E-state index in [4.69, 9.17) is 0 Å². The number of hydrogen-bond acceptors (Lipinski definition) is 3. The van der Waals surface area contributed by atoms with E-state index in [-0.39, 0.29) is 17.0 Å². The maximum Gasteiger partial charge on any atom is 0.229 e. The van der Waals surface area contributed by atoms with E-state index < -0.39 is 0 Å². The summed E-state index contributed by atoms with van der Waals surface area (Å²) in [7, 11) is 1.92. The Kier molecular flexibility index (Phi) is 1.89. The summed E-state index contributed by atoms with van der Waals surface area (Å²) in [4.78, 5) is 12.2. The molecule has 0 saturated carbocycles. The summed E-state index contributed by atoms with van der Waals surface area (Å²) in [6.45, 7) is 2.76. The fourth-order valence-electron chi connectivity index (χ4n) is 1.36. The molecule has 4 nitrogen and oxygen atoms in total. The van der Waals surface area contributed by atoms with Crippen molar-refractivity contribution in [3.8, 4) is 0 Å². The molecule has 2 unspecified atom stereocenters. The van der Waals surface area contributed by atoms with Gasteiger partial charge in [-0.15, -0.1) is 0 Å². The Morgan fingerprint density at radius 2 is 2.30 bits per heavy atom. The van der Waals surface area contributed by atoms with Gasteiger partial charge in [-0.05, 0) is 14.0 Å². The molecule has 1 aliphatic rings. The predicted molar refractivity (Wildman–Crippen MR) is 37.5 cm³/mol. The number of likely N-dealkylation sites (N-methyl/N-ethyl adjacent to an activating group) is 1. The molecule has 58 valence electrons. The van der Waals surface area contributed by atoms with Gasteiger partial charge in [0.1, 0.15) is 0 Å². The third-order valence-electron chi connectivity index (χ3n) is 2.30.